The van der Waals surface area contributed by atoms with Gasteiger partial charge in [0.1, 0.15) is 12.4 Å². The average molecular weight is 378 g/mol. The third-order valence-corrected chi connectivity index (χ3v) is 4.70. The van der Waals surface area contributed by atoms with Crippen LogP contribution in [0.15, 0.2) is 53.0 Å². The number of alkyl carbamates (subject to hydrolysis) is 1. The number of nitrogens with one attached hydrogen (secondary N) is 1. The molecule has 1 aliphatic carbocycles. The van der Waals surface area contributed by atoms with Crippen molar-refractivity contribution in [2.75, 3.05) is 0 Å². The standard InChI is InChI=1S/C18H17BrFNO2/c19-16-10-13(6-7-17(16)20)14-8-15(9-14)21-18(22)23-11-12-4-2-1-3-5-12/h1-7,10,14-15H,8-9,11H2,(H,21,22). The molecule has 23 heavy (non-hydrogen) atoms. The number of benzene rings is 2. The molecule has 1 amide bonds. The normalized spacial score (nSPS) is 19.7. The molecule has 3 rings (SSSR count). The second-order valence-electron chi connectivity index (χ2n) is 5.74. The number of halogens is 2. The Morgan fingerprint density at radius 3 is 2.65 bits per heavy atom. The lowest BCUT2D eigenvalue weighted by atomic mass is 9.76. The summed E-state index contributed by atoms with van der Waals surface area (Å²) in [7, 11) is 0. The Bertz CT molecular complexity index is 687. The van der Waals surface area contributed by atoms with E-state index in [-0.39, 0.29) is 18.5 Å². The molecule has 2 aromatic carbocycles. The second kappa shape index (κ2) is 7.13. The maximum Gasteiger partial charge on any atom is 0.407 e. The topological polar surface area (TPSA) is 38.3 Å². The van der Waals surface area contributed by atoms with Crippen molar-refractivity contribution in [3.05, 3.63) is 69.9 Å². The number of amides is 1. The van der Waals surface area contributed by atoms with Crippen molar-refractivity contribution in [1.82, 2.24) is 5.32 Å². The van der Waals surface area contributed by atoms with Crippen molar-refractivity contribution < 1.29 is 13.9 Å². The van der Waals surface area contributed by atoms with E-state index in [4.69, 9.17) is 4.74 Å². The third-order valence-electron chi connectivity index (χ3n) is 4.09. The molecule has 3 nitrogen and oxygen atoms in total. The van der Waals surface area contributed by atoms with Crippen LogP contribution in [-0.4, -0.2) is 12.1 Å². The zero-order valence-electron chi connectivity index (χ0n) is 12.5. The van der Waals surface area contributed by atoms with Gasteiger partial charge in [-0.2, -0.15) is 0 Å². The molecule has 0 spiro atoms. The highest BCUT2D eigenvalue weighted by Crippen LogP contribution is 2.38. The lowest BCUT2D eigenvalue weighted by Gasteiger charge is -2.35. The fourth-order valence-corrected chi connectivity index (χ4v) is 3.10. The van der Waals surface area contributed by atoms with Crippen LogP contribution in [0.2, 0.25) is 0 Å². The second-order valence-corrected chi connectivity index (χ2v) is 6.60. The van der Waals surface area contributed by atoms with Crippen LogP contribution in [0.5, 0.6) is 0 Å². The third kappa shape index (κ3) is 4.10. The van der Waals surface area contributed by atoms with E-state index in [1.165, 1.54) is 6.07 Å². The molecule has 1 saturated carbocycles. The molecule has 0 aromatic heterocycles. The van der Waals surface area contributed by atoms with Crippen LogP contribution >= 0.6 is 15.9 Å². The Hall–Kier alpha value is -1.88. The quantitative estimate of drug-likeness (QED) is 0.833. The molecule has 120 valence electrons. The smallest absolute Gasteiger partial charge is 0.407 e. The van der Waals surface area contributed by atoms with E-state index in [2.05, 4.69) is 21.2 Å². The summed E-state index contributed by atoms with van der Waals surface area (Å²) in [6.07, 6.45) is 1.30. The first-order valence-corrected chi connectivity index (χ1v) is 8.33. The van der Waals surface area contributed by atoms with Crippen LogP contribution in [0.25, 0.3) is 0 Å². The Kier molecular flexibility index (Phi) is 4.96. The van der Waals surface area contributed by atoms with Gasteiger partial charge in [-0.1, -0.05) is 36.4 Å². The molecule has 1 fully saturated rings. The molecule has 0 radical (unpaired) electrons. The fourth-order valence-electron chi connectivity index (χ4n) is 2.71. The van der Waals surface area contributed by atoms with E-state index in [1.54, 1.807) is 6.07 Å². The van der Waals surface area contributed by atoms with Gasteiger partial charge in [0.15, 0.2) is 0 Å². The molecule has 1 aliphatic rings. The maximum atomic E-state index is 13.2. The first kappa shape index (κ1) is 16.0. The lowest BCUT2D eigenvalue weighted by molar-refractivity contribution is 0.127. The highest BCUT2D eigenvalue weighted by molar-refractivity contribution is 9.10. The Morgan fingerprint density at radius 2 is 1.96 bits per heavy atom. The molecule has 0 heterocycles. The summed E-state index contributed by atoms with van der Waals surface area (Å²) < 4.78 is 18.9. The Labute approximate surface area is 143 Å². The van der Waals surface area contributed by atoms with Gasteiger partial charge >= 0.3 is 6.09 Å². The summed E-state index contributed by atoms with van der Waals surface area (Å²) in [5, 5.41) is 2.87. The number of ether oxygens (including phenoxy) is 1. The van der Waals surface area contributed by atoms with Gasteiger partial charge in [0.25, 0.3) is 0 Å². The largest absolute Gasteiger partial charge is 0.445 e. The molecule has 0 unspecified atom stereocenters. The van der Waals surface area contributed by atoms with Gasteiger partial charge in [0, 0.05) is 6.04 Å². The summed E-state index contributed by atoms with van der Waals surface area (Å²) in [5.41, 5.74) is 2.05. The van der Waals surface area contributed by atoms with Gasteiger partial charge in [-0.05, 0) is 57.9 Å². The van der Waals surface area contributed by atoms with E-state index < -0.39 is 6.09 Å². The van der Waals surface area contributed by atoms with Gasteiger partial charge in [-0.3, -0.25) is 0 Å². The summed E-state index contributed by atoms with van der Waals surface area (Å²) in [6.45, 7) is 0.272. The Morgan fingerprint density at radius 1 is 1.22 bits per heavy atom. The van der Waals surface area contributed by atoms with Crippen LogP contribution in [0, 0.1) is 5.82 Å². The van der Waals surface area contributed by atoms with Gasteiger partial charge in [0.2, 0.25) is 0 Å². The molecule has 0 saturated heterocycles. The summed E-state index contributed by atoms with van der Waals surface area (Å²) in [4.78, 5) is 11.8. The van der Waals surface area contributed by atoms with Crippen molar-refractivity contribution in [2.24, 2.45) is 0 Å². The van der Waals surface area contributed by atoms with Gasteiger partial charge in [0.05, 0.1) is 4.47 Å². The fraction of sp³-hybridized carbons (Fsp3) is 0.278. The lowest BCUT2D eigenvalue weighted by Crippen LogP contribution is -2.43. The molecular formula is C18H17BrFNO2. The first-order chi connectivity index (χ1) is 11.1. The van der Waals surface area contributed by atoms with E-state index in [0.717, 1.165) is 24.0 Å². The van der Waals surface area contributed by atoms with Crippen molar-refractivity contribution in [3.8, 4) is 0 Å². The number of carbonyl (C=O) groups is 1. The molecular weight excluding hydrogens is 361 g/mol. The summed E-state index contributed by atoms with van der Waals surface area (Å²) >= 11 is 3.20. The summed E-state index contributed by atoms with van der Waals surface area (Å²) in [6, 6.07) is 14.8. The maximum absolute atomic E-state index is 13.2. The van der Waals surface area contributed by atoms with Gasteiger partial charge < -0.3 is 10.1 Å². The zero-order chi connectivity index (χ0) is 16.2. The van der Waals surface area contributed by atoms with Gasteiger partial charge in [-0.15, -0.1) is 0 Å². The molecule has 2 aromatic rings. The zero-order valence-corrected chi connectivity index (χ0v) is 14.1. The van der Waals surface area contributed by atoms with E-state index in [1.807, 2.05) is 36.4 Å². The van der Waals surface area contributed by atoms with Crippen LogP contribution in [0.4, 0.5) is 9.18 Å². The van der Waals surface area contributed by atoms with Crippen LogP contribution in [0.3, 0.4) is 0 Å². The minimum Gasteiger partial charge on any atom is -0.445 e. The van der Waals surface area contributed by atoms with Crippen LogP contribution < -0.4 is 5.32 Å². The van der Waals surface area contributed by atoms with Crippen molar-refractivity contribution in [2.45, 2.75) is 31.4 Å². The van der Waals surface area contributed by atoms with E-state index in [9.17, 15) is 9.18 Å². The van der Waals surface area contributed by atoms with E-state index in [0.29, 0.717) is 10.4 Å². The molecule has 1 N–H and O–H groups in total. The predicted molar refractivity (Wildman–Crippen MR) is 89.6 cm³/mol. The van der Waals surface area contributed by atoms with Crippen LogP contribution in [-0.2, 0) is 11.3 Å². The minimum absolute atomic E-state index is 0.118. The predicted octanol–water partition coefficient (Wildman–Crippen LogP) is 4.76. The van der Waals surface area contributed by atoms with Gasteiger partial charge in [-0.25, -0.2) is 9.18 Å². The van der Waals surface area contributed by atoms with Crippen molar-refractivity contribution >= 4 is 22.0 Å². The number of carbonyl (C=O) groups excluding carboxylic acids is 1. The number of hydrogen-bond acceptors (Lipinski definition) is 2. The highest BCUT2D eigenvalue weighted by Gasteiger charge is 2.32. The highest BCUT2D eigenvalue weighted by atomic mass is 79.9. The molecule has 0 aliphatic heterocycles. The SMILES string of the molecule is O=C(NC1CC(c2ccc(F)c(Br)c2)C1)OCc1ccccc1. The van der Waals surface area contributed by atoms with Crippen LogP contribution in [0.1, 0.15) is 29.9 Å². The molecule has 5 heteroatoms. The van der Waals surface area contributed by atoms with Crippen molar-refractivity contribution in [3.63, 3.8) is 0 Å². The van der Waals surface area contributed by atoms with Crippen molar-refractivity contribution in [1.29, 1.82) is 0 Å². The summed E-state index contributed by atoms with van der Waals surface area (Å²) in [5.74, 6) is 0.0959. The minimum atomic E-state index is -0.391. The number of hydrogen-bond donors (Lipinski definition) is 1. The monoisotopic (exact) mass is 377 g/mol. The Balaban J connectivity index is 1.43. The molecule has 0 bridgehead atoms. The molecule has 0 atom stereocenters. The van der Waals surface area contributed by atoms with E-state index >= 15 is 0 Å². The number of rotatable bonds is 4. The first-order valence-electron chi connectivity index (χ1n) is 7.54. The average Bonchev–Trinajstić information content (AvgIpc) is 2.52.